The molecule has 2 nitrogen and oxygen atoms in total. The minimum Gasteiger partial charge on any atom is -0.363 e. The lowest BCUT2D eigenvalue weighted by Crippen LogP contribution is -2.44. The van der Waals surface area contributed by atoms with E-state index in [4.69, 9.17) is 12.2 Å². The van der Waals surface area contributed by atoms with Crippen LogP contribution in [0.4, 0.5) is 0 Å². The van der Waals surface area contributed by atoms with Crippen molar-refractivity contribution in [1.29, 1.82) is 0 Å². The summed E-state index contributed by atoms with van der Waals surface area (Å²) < 4.78 is 0. The number of rotatable bonds is 4. The summed E-state index contributed by atoms with van der Waals surface area (Å²) >= 11 is 5.23. The van der Waals surface area contributed by atoms with Gasteiger partial charge in [0.1, 0.15) is 0 Å². The Bertz CT molecular complexity index is 134. The fraction of sp³-hybridized carbons (Fsp3) is 0.889. The zero-order chi connectivity index (χ0) is 9.56. The van der Waals surface area contributed by atoms with E-state index in [-0.39, 0.29) is 0 Å². The molecule has 12 heavy (non-hydrogen) atoms. The van der Waals surface area contributed by atoms with Gasteiger partial charge in [0.15, 0.2) is 5.11 Å². The second-order valence-corrected chi connectivity index (χ2v) is 3.51. The van der Waals surface area contributed by atoms with Crippen molar-refractivity contribution < 1.29 is 0 Å². The Morgan fingerprint density at radius 1 is 1.42 bits per heavy atom. The van der Waals surface area contributed by atoms with Gasteiger partial charge in [0.05, 0.1) is 0 Å². The molecule has 1 N–H and O–H groups in total. The number of nitrogens with zero attached hydrogens (tertiary/aromatic N) is 1. The SMILES string of the molecule is CCCN(C(=S)NCC)C(C)C. The lowest BCUT2D eigenvalue weighted by molar-refractivity contribution is 0.345. The first-order valence-corrected chi connectivity index (χ1v) is 5.08. The van der Waals surface area contributed by atoms with Crippen LogP contribution in [0.15, 0.2) is 0 Å². The Morgan fingerprint density at radius 2 is 2.00 bits per heavy atom. The van der Waals surface area contributed by atoms with Crippen LogP contribution in [0.1, 0.15) is 34.1 Å². The predicted octanol–water partition coefficient (Wildman–Crippen LogP) is 2.00. The molecule has 3 heteroatoms. The molecule has 72 valence electrons. The highest BCUT2D eigenvalue weighted by atomic mass is 32.1. The monoisotopic (exact) mass is 188 g/mol. The summed E-state index contributed by atoms with van der Waals surface area (Å²) in [7, 11) is 0. The fourth-order valence-corrected chi connectivity index (χ4v) is 1.53. The van der Waals surface area contributed by atoms with Crippen molar-refractivity contribution in [2.24, 2.45) is 0 Å². The van der Waals surface area contributed by atoms with Gasteiger partial charge in [0.25, 0.3) is 0 Å². The Hall–Kier alpha value is -0.310. The van der Waals surface area contributed by atoms with E-state index in [1.54, 1.807) is 0 Å². The maximum absolute atomic E-state index is 5.23. The molecular formula is C9H20N2S. The smallest absolute Gasteiger partial charge is 0.169 e. The van der Waals surface area contributed by atoms with Gasteiger partial charge in [-0.05, 0) is 39.4 Å². The molecule has 0 radical (unpaired) electrons. The van der Waals surface area contributed by atoms with Crippen LogP contribution in [0, 0.1) is 0 Å². The largest absolute Gasteiger partial charge is 0.363 e. The maximum Gasteiger partial charge on any atom is 0.169 e. The molecule has 0 aliphatic rings. The van der Waals surface area contributed by atoms with E-state index < -0.39 is 0 Å². The average Bonchev–Trinajstić information content (AvgIpc) is 1.99. The van der Waals surface area contributed by atoms with E-state index in [1.807, 2.05) is 0 Å². The molecule has 0 rings (SSSR count). The summed E-state index contributed by atoms with van der Waals surface area (Å²) in [6.07, 6.45) is 1.14. The van der Waals surface area contributed by atoms with Crippen LogP contribution < -0.4 is 5.32 Å². The van der Waals surface area contributed by atoms with Crippen molar-refractivity contribution in [2.45, 2.75) is 40.2 Å². The molecule has 0 saturated heterocycles. The van der Waals surface area contributed by atoms with Crippen molar-refractivity contribution >= 4 is 17.3 Å². The van der Waals surface area contributed by atoms with E-state index in [1.165, 1.54) is 0 Å². The summed E-state index contributed by atoms with van der Waals surface area (Å²) in [5, 5.41) is 4.05. The Balaban J connectivity index is 4.00. The Labute approximate surface area is 81.3 Å². The van der Waals surface area contributed by atoms with Crippen molar-refractivity contribution in [3.8, 4) is 0 Å². The number of nitrogens with one attached hydrogen (secondary N) is 1. The fourth-order valence-electron chi connectivity index (χ4n) is 1.09. The first-order valence-electron chi connectivity index (χ1n) is 4.67. The molecule has 0 aliphatic carbocycles. The highest BCUT2D eigenvalue weighted by Gasteiger charge is 2.10. The van der Waals surface area contributed by atoms with Crippen LogP contribution in [0.5, 0.6) is 0 Å². The second kappa shape index (κ2) is 6.23. The summed E-state index contributed by atoms with van der Waals surface area (Å²) in [4.78, 5) is 2.22. The van der Waals surface area contributed by atoms with Gasteiger partial charge in [-0.3, -0.25) is 0 Å². The number of hydrogen-bond acceptors (Lipinski definition) is 1. The zero-order valence-electron chi connectivity index (χ0n) is 8.55. The van der Waals surface area contributed by atoms with Gasteiger partial charge in [-0.1, -0.05) is 6.92 Å². The maximum atomic E-state index is 5.23. The molecule has 0 saturated carbocycles. The molecule has 0 amide bonds. The van der Waals surface area contributed by atoms with Crippen LogP contribution in [-0.4, -0.2) is 29.1 Å². The average molecular weight is 188 g/mol. The van der Waals surface area contributed by atoms with E-state index in [2.05, 4.69) is 37.9 Å². The molecule has 0 unspecified atom stereocenters. The molecule has 0 heterocycles. The van der Waals surface area contributed by atoms with Crippen molar-refractivity contribution in [3.05, 3.63) is 0 Å². The van der Waals surface area contributed by atoms with Gasteiger partial charge in [0.2, 0.25) is 0 Å². The van der Waals surface area contributed by atoms with Gasteiger partial charge in [0, 0.05) is 19.1 Å². The summed E-state index contributed by atoms with van der Waals surface area (Å²) in [6.45, 7) is 10.5. The lowest BCUT2D eigenvalue weighted by atomic mass is 10.3. The first-order chi connectivity index (χ1) is 5.63. The highest BCUT2D eigenvalue weighted by molar-refractivity contribution is 7.80. The van der Waals surface area contributed by atoms with Crippen LogP contribution >= 0.6 is 12.2 Å². The third-order valence-corrected chi connectivity index (χ3v) is 2.06. The molecule has 0 aliphatic heterocycles. The van der Waals surface area contributed by atoms with Gasteiger partial charge >= 0.3 is 0 Å². The van der Waals surface area contributed by atoms with Crippen LogP contribution in [0.3, 0.4) is 0 Å². The number of thiocarbonyl (C=S) groups is 1. The molecule has 0 fully saturated rings. The molecular weight excluding hydrogens is 168 g/mol. The van der Waals surface area contributed by atoms with E-state index in [0.29, 0.717) is 6.04 Å². The quantitative estimate of drug-likeness (QED) is 0.679. The Morgan fingerprint density at radius 3 is 2.33 bits per heavy atom. The third-order valence-electron chi connectivity index (χ3n) is 1.68. The summed E-state index contributed by atoms with van der Waals surface area (Å²) in [5.41, 5.74) is 0. The number of hydrogen-bond donors (Lipinski definition) is 1. The minimum absolute atomic E-state index is 0.497. The zero-order valence-corrected chi connectivity index (χ0v) is 9.37. The van der Waals surface area contributed by atoms with Gasteiger partial charge in [-0.2, -0.15) is 0 Å². The van der Waals surface area contributed by atoms with Crippen molar-refractivity contribution in [3.63, 3.8) is 0 Å². The minimum atomic E-state index is 0.497. The highest BCUT2D eigenvalue weighted by Crippen LogP contribution is 2.00. The standard InChI is InChI=1S/C9H20N2S/c1-5-7-11(8(3)4)9(12)10-6-2/h8H,5-7H2,1-4H3,(H,10,12). The van der Waals surface area contributed by atoms with Crippen LogP contribution in [0.25, 0.3) is 0 Å². The van der Waals surface area contributed by atoms with Crippen LogP contribution in [-0.2, 0) is 0 Å². The molecule has 0 atom stereocenters. The second-order valence-electron chi connectivity index (χ2n) is 3.12. The predicted molar refractivity (Wildman–Crippen MR) is 58.4 cm³/mol. The summed E-state index contributed by atoms with van der Waals surface area (Å²) in [6, 6.07) is 0.497. The van der Waals surface area contributed by atoms with Gasteiger partial charge in [-0.25, -0.2) is 0 Å². The van der Waals surface area contributed by atoms with Crippen molar-refractivity contribution in [1.82, 2.24) is 10.2 Å². The molecule has 0 aromatic heterocycles. The molecule has 0 spiro atoms. The van der Waals surface area contributed by atoms with Gasteiger partial charge < -0.3 is 10.2 Å². The van der Waals surface area contributed by atoms with Crippen molar-refractivity contribution in [2.75, 3.05) is 13.1 Å². The Kier molecular flexibility index (Phi) is 6.07. The third kappa shape index (κ3) is 3.90. The van der Waals surface area contributed by atoms with E-state index in [9.17, 15) is 0 Å². The molecule has 0 aromatic rings. The lowest BCUT2D eigenvalue weighted by Gasteiger charge is -2.28. The molecule has 0 bridgehead atoms. The van der Waals surface area contributed by atoms with E-state index >= 15 is 0 Å². The summed E-state index contributed by atoms with van der Waals surface area (Å²) in [5.74, 6) is 0. The van der Waals surface area contributed by atoms with Gasteiger partial charge in [-0.15, -0.1) is 0 Å². The molecule has 0 aromatic carbocycles. The topological polar surface area (TPSA) is 15.3 Å². The normalized spacial score (nSPS) is 10.1. The van der Waals surface area contributed by atoms with E-state index in [0.717, 1.165) is 24.6 Å². The van der Waals surface area contributed by atoms with Crippen LogP contribution in [0.2, 0.25) is 0 Å². The first kappa shape index (κ1) is 11.7.